The maximum absolute atomic E-state index is 11.4. The first-order chi connectivity index (χ1) is 11.1. The number of methoxy groups -OCH3 is 1. The van der Waals surface area contributed by atoms with E-state index in [2.05, 4.69) is 22.0 Å². The van der Waals surface area contributed by atoms with E-state index in [1.54, 1.807) is 12.0 Å². The number of hydrogen-bond donors (Lipinski definition) is 1. The van der Waals surface area contributed by atoms with E-state index in [9.17, 15) is 9.90 Å². The third-order valence-electron chi connectivity index (χ3n) is 5.21. The molecule has 122 valence electrons. The molecular formula is C17H18BrNO4. The van der Waals surface area contributed by atoms with Gasteiger partial charge in [0.1, 0.15) is 6.10 Å². The Balaban J connectivity index is 1.98. The molecule has 3 aliphatic rings. The van der Waals surface area contributed by atoms with Crippen LogP contribution in [-0.4, -0.2) is 42.3 Å². The van der Waals surface area contributed by atoms with Crippen molar-refractivity contribution in [2.75, 3.05) is 13.7 Å². The van der Waals surface area contributed by atoms with E-state index in [-0.39, 0.29) is 11.5 Å². The second kappa shape index (κ2) is 5.24. The lowest BCUT2D eigenvalue weighted by molar-refractivity contribution is -0.118. The molecule has 1 N–H and O–H groups in total. The van der Waals surface area contributed by atoms with Crippen molar-refractivity contribution in [2.45, 2.75) is 37.0 Å². The van der Waals surface area contributed by atoms with Crippen molar-refractivity contribution in [3.05, 3.63) is 33.8 Å². The van der Waals surface area contributed by atoms with Crippen molar-refractivity contribution in [3.8, 4) is 11.5 Å². The molecule has 1 spiro atoms. The van der Waals surface area contributed by atoms with Crippen LogP contribution in [0.1, 0.15) is 24.0 Å². The molecule has 0 fully saturated rings. The van der Waals surface area contributed by atoms with Crippen LogP contribution in [0, 0.1) is 0 Å². The summed E-state index contributed by atoms with van der Waals surface area (Å²) in [6.45, 7) is 1.21. The van der Waals surface area contributed by atoms with E-state index < -0.39 is 6.10 Å². The zero-order chi connectivity index (χ0) is 16.2. The summed E-state index contributed by atoms with van der Waals surface area (Å²) in [4.78, 5) is 13.2. The summed E-state index contributed by atoms with van der Waals surface area (Å²) in [5.74, 6) is 1.44. The first kappa shape index (κ1) is 15.0. The first-order valence-electron chi connectivity index (χ1n) is 7.72. The third kappa shape index (κ3) is 2.04. The summed E-state index contributed by atoms with van der Waals surface area (Å²) in [6.07, 6.45) is 5.52. The number of nitrogens with zero attached hydrogens (tertiary/aromatic N) is 1. The lowest BCUT2D eigenvalue weighted by Crippen LogP contribution is -2.42. The normalized spacial score (nSPS) is 31.0. The molecule has 1 aromatic rings. The lowest BCUT2D eigenvalue weighted by atomic mass is 9.69. The number of aliphatic hydroxyl groups is 1. The Labute approximate surface area is 143 Å². The van der Waals surface area contributed by atoms with Gasteiger partial charge in [-0.2, -0.15) is 0 Å². The minimum absolute atomic E-state index is 0.133. The zero-order valence-corrected chi connectivity index (χ0v) is 14.4. The van der Waals surface area contributed by atoms with Gasteiger partial charge in [-0.3, -0.25) is 4.79 Å². The average Bonchev–Trinajstić information content (AvgIpc) is 2.77. The van der Waals surface area contributed by atoms with Crippen molar-refractivity contribution >= 4 is 22.3 Å². The van der Waals surface area contributed by atoms with E-state index in [1.165, 1.54) is 0 Å². The van der Waals surface area contributed by atoms with E-state index in [0.717, 1.165) is 34.2 Å². The van der Waals surface area contributed by atoms with Crippen molar-refractivity contribution in [1.82, 2.24) is 4.90 Å². The SMILES string of the molecule is COc1cc(Br)c2c3c1OC1CC(O)C=CC31CCN(C=O)C2. The summed E-state index contributed by atoms with van der Waals surface area (Å²) in [7, 11) is 1.63. The molecular weight excluding hydrogens is 362 g/mol. The van der Waals surface area contributed by atoms with Gasteiger partial charge in [0.2, 0.25) is 6.41 Å². The lowest BCUT2D eigenvalue weighted by Gasteiger charge is -2.35. The Bertz CT molecular complexity index is 704. The minimum Gasteiger partial charge on any atom is -0.493 e. The minimum atomic E-state index is -0.497. The van der Waals surface area contributed by atoms with Gasteiger partial charge in [-0.1, -0.05) is 28.1 Å². The van der Waals surface area contributed by atoms with Crippen LogP contribution in [0.15, 0.2) is 22.7 Å². The molecule has 6 heteroatoms. The fourth-order valence-corrected chi connectivity index (χ4v) is 4.60. The zero-order valence-electron chi connectivity index (χ0n) is 12.8. The molecule has 0 radical (unpaired) electrons. The molecule has 5 nitrogen and oxygen atoms in total. The Morgan fingerprint density at radius 2 is 2.39 bits per heavy atom. The molecule has 3 unspecified atom stereocenters. The van der Waals surface area contributed by atoms with Crippen molar-refractivity contribution in [2.24, 2.45) is 0 Å². The molecule has 0 aromatic heterocycles. The summed E-state index contributed by atoms with van der Waals surface area (Å²) in [5, 5.41) is 10.0. The number of hydrogen-bond acceptors (Lipinski definition) is 4. The number of rotatable bonds is 2. The highest BCUT2D eigenvalue weighted by molar-refractivity contribution is 9.10. The number of aliphatic hydroxyl groups excluding tert-OH is 1. The Hall–Kier alpha value is -1.53. The predicted molar refractivity (Wildman–Crippen MR) is 87.6 cm³/mol. The van der Waals surface area contributed by atoms with Gasteiger partial charge in [-0.25, -0.2) is 0 Å². The van der Waals surface area contributed by atoms with Gasteiger partial charge < -0.3 is 19.5 Å². The maximum atomic E-state index is 11.4. The molecule has 1 amide bonds. The first-order valence-corrected chi connectivity index (χ1v) is 8.51. The fourth-order valence-electron chi connectivity index (χ4n) is 4.07. The second-order valence-electron chi connectivity index (χ2n) is 6.38. The largest absolute Gasteiger partial charge is 0.493 e. The second-order valence-corrected chi connectivity index (χ2v) is 7.23. The predicted octanol–water partition coefficient (Wildman–Crippen LogP) is 2.14. The fraction of sp³-hybridized carbons (Fsp3) is 0.471. The van der Waals surface area contributed by atoms with Gasteiger partial charge in [0.25, 0.3) is 0 Å². The molecule has 23 heavy (non-hydrogen) atoms. The van der Waals surface area contributed by atoms with Crippen molar-refractivity contribution in [3.63, 3.8) is 0 Å². The molecule has 0 bridgehead atoms. The van der Waals surface area contributed by atoms with Crippen LogP contribution in [0.25, 0.3) is 0 Å². The number of ether oxygens (including phenoxy) is 2. The van der Waals surface area contributed by atoms with E-state index in [0.29, 0.717) is 25.3 Å². The van der Waals surface area contributed by atoms with Crippen molar-refractivity contribution in [1.29, 1.82) is 0 Å². The molecule has 2 heterocycles. The summed E-state index contributed by atoms with van der Waals surface area (Å²) in [5.41, 5.74) is 1.86. The van der Waals surface area contributed by atoms with Gasteiger partial charge in [-0.05, 0) is 18.1 Å². The molecule has 4 rings (SSSR count). The molecule has 0 saturated heterocycles. The monoisotopic (exact) mass is 379 g/mol. The Morgan fingerprint density at radius 3 is 3.13 bits per heavy atom. The van der Waals surface area contributed by atoms with Gasteiger partial charge in [0, 0.05) is 29.5 Å². The molecule has 1 aliphatic carbocycles. The molecule has 3 atom stereocenters. The standard InChI is InChI=1S/C17H18BrNO4/c1-22-13-7-12(18)11-8-19(9-20)5-4-17-3-2-10(21)6-14(17)23-16(13)15(11)17/h2-3,7,9-10,14,21H,4-6,8H2,1H3. The van der Waals surface area contributed by atoms with E-state index in [1.807, 2.05) is 12.1 Å². The number of carbonyl (C=O) groups is 1. The van der Waals surface area contributed by atoms with Crippen LogP contribution >= 0.6 is 15.9 Å². The maximum Gasteiger partial charge on any atom is 0.210 e. The summed E-state index contributed by atoms with van der Waals surface area (Å²) >= 11 is 3.63. The Morgan fingerprint density at radius 1 is 1.57 bits per heavy atom. The van der Waals surface area contributed by atoms with Crippen molar-refractivity contribution < 1.29 is 19.4 Å². The van der Waals surface area contributed by atoms with Crippen LogP contribution in [-0.2, 0) is 16.8 Å². The van der Waals surface area contributed by atoms with Gasteiger partial charge in [-0.15, -0.1) is 0 Å². The highest BCUT2D eigenvalue weighted by Crippen LogP contribution is 2.57. The highest BCUT2D eigenvalue weighted by atomic mass is 79.9. The average molecular weight is 380 g/mol. The van der Waals surface area contributed by atoms with E-state index in [4.69, 9.17) is 9.47 Å². The molecule has 0 saturated carbocycles. The summed E-state index contributed by atoms with van der Waals surface area (Å²) in [6, 6.07) is 1.90. The number of halogens is 1. The van der Waals surface area contributed by atoms with Gasteiger partial charge in [0.15, 0.2) is 11.5 Å². The van der Waals surface area contributed by atoms with Crippen LogP contribution in [0.4, 0.5) is 0 Å². The molecule has 1 aromatic carbocycles. The third-order valence-corrected chi connectivity index (χ3v) is 5.92. The van der Waals surface area contributed by atoms with Crippen LogP contribution < -0.4 is 9.47 Å². The highest BCUT2D eigenvalue weighted by Gasteiger charge is 2.53. The topological polar surface area (TPSA) is 59.0 Å². The van der Waals surface area contributed by atoms with E-state index >= 15 is 0 Å². The van der Waals surface area contributed by atoms with Gasteiger partial charge in [0.05, 0.1) is 18.6 Å². The number of carbonyl (C=O) groups excluding carboxylic acids is 1. The quantitative estimate of drug-likeness (QED) is 0.631. The van der Waals surface area contributed by atoms with Crippen LogP contribution in [0.2, 0.25) is 0 Å². The van der Waals surface area contributed by atoms with Gasteiger partial charge >= 0.3 is 0 Å². The summed E-state index contributed by atoms with van der Waals surface area (Å²) < 4.78 is 12.7. The molecule has 2 aliphatic heterocycles. The smallest absolute Gasteiger partial charge is 0.210 e. The Kier molecular flexibility index (Phi) is 3.43. The van der Waals surface area contributed by atoms with Crippen LogP contribution in [0.5, 0.6) is 11.5 Å². The number of benzene rings is 1. The van der Waals surface area contributed by atoms with Crippen LogP contribution in [0.3, 0.4) is 0 Å². The number of amides is 1.